The van der Waals surface area contributed by atoms with E-state index in [4.69, 9.17) is 0 Å². The van der Waals surface area contributed by atoms with Crippen molar-refractivity contribution < 1.29 is 5.32 Å². The van der Waals surface area contributed by atoms with Gasteiger partial charge in [0.2, 0.25) is 0 Å². The molecule has 2 heterocycles. The number of H-pyrrole nitrogens is 1. The Kier molecular flexibility index (Phi) is 12.4. The number of hydrogen-bond acceptors (Lipinski definition) is 2. The van der Waals surface area contributed by atoms with Gasteiger partial charge in [-0.3, -0.25) is 5.32 Å². The van der Waals surface area contributed by atoms with Gasteiger partial charge in [-0.1, -0.05) is 96.2 Å². The number of nitrogens with two attached hydrogens (primary N) is 1. The summed E-state index contributed by atoms with van der Waals surface area (Å²) in [5.74, 6) is 0. The Labute approximate surface area is 238 Å². The third-order valence-corrected chi connectivity index (χ3v) is 8.13. The first kappa shape index (κ1) is 32.2. The predicted molar refractivity (Wildman–Crippen MR) is 169 cm³/mol. The fourth-order valence-electron chi connectivity index (χ4n) is 5.08. The molecule has 0 spiro atoms. The maximum absolute atomic E-state index is 4.44. The molecule has 0 bridgehead atoms. The van der Waals surface area contributed by atoms with Gasteiger partial charge in [-0.05, 0) is 74.9 Å². The molecule has 0 unspecified atom stereocenters. The molecule has 4 heteroatoms. The summed E-state index contributed by atoms with van der Waals surface area (Å²) in [7, 11) is 0. The smallest absolute Gasteiger partial charge is 0.191 e. The highest BCUT2D eigenvalue weighted by atomic mass is 15.0. The van der Waals surface area contributed by atoms with Gasteiger partial charge in [-0.25, -0.2) is 9.98 Å². The average Bonchev–Trinajstić information content (AvgIpc) is 3.64. The number of aromatic amines is 1. The van der Waals surface area contributed by atoms with Crippen molar-refractivity contribution in [3.8, 4) is 0 Å². The van der Waals surface area contributed by atoms with Crippen LogP contribution in [-0.4, -0.2) is 16.3 Å². The molecule has 1 aliphatic rings. The van der Waals surface area contributed by atoms with Crippen molar-refractivity contribution in [1.82, 2.24) is 9.97 Å². The van der Waals surface area contributed by atoms with E-state index in [1.54, 1.807) is 6.33 Å². The lowest BCUT2D eigenvalue weighted by atomic mass is 9.78. The number of aromatic nitrogens is 2. The van der Waals surface area contributed by atoms with Crippen LogP contribution in [0.25, 0.3) is 0 Å². The Morgan fingerprint density at radius 1 is 0.744 bits per heavy atom. The second-order valence-electron chi connectivity index (χ2n) is 11.8. The average molecular weight is 530 g/mol. The number of unbranched alkanes of at least 4 members (excludes halogenated alkanes) is 4. The zero-order valence-corrected chi connectivity index (χ0v) is 26.3. The van der Waals surface area contributed by atoms with E-state index < -0.39 is 0 Å². The summed E-state index contributed by atoms with van der Waals surface area (Å²) in [6.07, 6.45) is 14.6. The molecule has 3 aromatic rings. The number of nitrogens with one attached hydrogen (secondary N) is 1. The minimum Gasteiger partial charge on any atom is -0.348 e. The van der Waals surface area contributed by atoms with Gasteiger partial charge >= 0.3 is 0 Å². The molecular weight excluding hydrogens is 476 g/mol. The van der Waals surface area contributed by atoms with E-state index in [2.05, 4.69) is 127 Å². The van der Waals surface area contributed by atoms with Gasteiger partial charge < -0.3 is 4.98 Å². The number of rotatable bonds is 8. The highest BCUT2D eigenvalue weighted by Crippen LogP contribution is 2.35. The monoisotopic (exact) mass is 529 g/mol. The van der Waals surface area contributed by atoms with E-state index in [1.807, 2.05) is 17.9 Å². The first-order chi connectivity index (χ1) is 18.5. The lowest BCUT2D eigenvalue weighted by molar-refractivity contribution is -0.447. The van der Waals surface area contributed by atoms with Crippen LogP contribution in [0, 0.1) is 27.7 Å². The minimum atomic E-state index is -0.0212. The molecule has 0 amide bonds. The first-order valence-electron chi connectivity index (χ1n) is 14.7. The molecule has 0 fully saturated rings. The highest BCUT2D eigenvalue weighted by molar-refractivity contribution is 5.52. The van der Waals surface area contributed by atoms with E-state index in [0.29, 0.717) is 0 Å². The Morgan fingerprint density at radius 2 is 1.28 bits per heavy atom. The van der Waals surface area contributed by atoms with Crippen LogP contribution in [0.2, 0.25) is 0 Å². The summed E-state index contributed by atoms with van der Waals surface area (Å²) in [5, 5.41) is 2.00. The molecule has 2 aromatic carbocycles. The van der Waals surface area contributed by atoms with Gasteiger partial charge in [0.05, 0.1) is 6.33 Å². The van der Waals surface area contributed by atoms with Crippen molar-refractivity contribution in [2.75, 3.05) is 0 Å². The van der Waals surface area contributed by atoms with E-state index in [0.717, 1.165) is 11.4 Å². The van der Waals surface area contributed by atoms with Gasteiger partial charge in [-0.15, -0.1) is 0 Å². The van der Waals surface area contributed by atoms with Crippen molar-refractivity contribution in [2.24, 2.45) is 4.99 Å². The molecule has 1 aliphatic heterocycles. The Bertz CT molecular complexity index is 1210. The first-order valence-corrected chi connectivity index (χ1v) is 14.7. The van der Waals surface area contributed by atoms with Crippen LogP contribution in [0.1, 0.15) is 113 Å². The van der Waals surface area contributed by atoms with E-state index in [9.17, 15) is 0 Å². The topological polar surface area (TPSA) is 57.6 Å². The standard InChI is InChI=1S/2C14H18N2.C7H16/c2*1-10-6-5-7-12(11(10)2)14(3,4)13-8-15-9-16-13;1-3-5-7-6-4-2/h2*5-9H,1-4H3,(H,15,16);3-7H2,1-2H3/p+1. The van der Waals surface area contributed by atoms with Crippen LogP contribution in [0.3, 0.4) is 0 Å². The molecule has 0 radical (unpaired) electrons. The highest BCUT2D eigenvalue weighted by Gasteiger charge is 2.30. The van der Waals surface area contributed by atoms with Gasteiger partial charge in [0.15, 0.2) is 6.34 Å². The Morgan fingerprint density at radius 3 is 1.72 bits per heavy atom. The van der Waals surface area contributed by atoms with Crippen molar-refractivity contribution in [2.45, 2.75) is 112 Å². The van der Waals surface area contributed by atoms with Gasteiger partial charge in [0.25, 0.3) is 0 Å². The van der Waals surface area contributed by atoms with Crippen LogP contribution in [-0.2, 0) is 10.8 Å². The summed E-state index contributed by atoms with van der Waals surface area (Å²) in [6, 6.07) is 13.0. The molecule has 0 saturated heterocycles. The summed E-state index contributed by atoms with van der Waals surface area (Å²) in [5.41, 5.74) is 10.4. The second kappa shape index (κ2) is 15.0. The van der Waals surface area contributed by atoms with Crippen LogP contribution in [0.5, 0.6) is 0 Å². The number of hydrogen-bond donors (Lipinski definition) is 2. The van der Waals surface area contributed by atoms with Crippen molar-refractivity contribution in [3.05, 3.63) is 99.9 Å². The fraction of sp³-hybridized carbons (Fsp3) is 0.486. The molecule has 0 saturated carbocycles. The molecule has 0 atom stereocenters. The number of imidazole rings is 1. The number of allylic oxidation sites excluding steroid dienone is 1. The second-order valence-corrected chi connectivity index (χ2v) is 11.8. The lowest BCUT2D eigenvalue weighted by Gasteiger charge is -2.26. The molecule has 3 N–H and O–H groups in total. The van der Waals surface area contributed by atoms with Crippen LogP contribution in [0.4, 0.5) is 0 Å². The van der Waals surface area contributed by atoms with Crippen LogP contribution >= 0.6 is 0 Å². The minimum absolute atomic E-state index is 0.0143. The molecule has 4 nitrogen and oxygen atoms in total. The zero-order chi connectivity index (χ0) is 29.1. The normalized spacial score (nSPS) is 12.8. The van der Waals surface area contributed by atoms with Crippen molar-refractivity contribution >= 4 is 6.34 Å². The molecule has 39 heavy (non-hydrogen) atoms. The molecule has 1 aromatic heterocycles. The maximum atomic E-state index is 4.44. The van der Waals surface area contributed by atoms with Crippen molar-refractivity contribution in [3.63, 3.8) is 0 Å². The summed E-state index contributed by atoms with van der Waals surface area (Å²) in [4.78, 5) is 11.8. The van der Waals surface area contributed by atoms with Crippen LogP contribution in [0.15, 0.2) is 65.8 Å². The molecule has 212 valence electrons. The van der Waals surface area contributed by atoms with E-state index in [1.165, 1.54) is 65.5 Å². The fourth-order valence-corrected chi connectivity index (χ4v) is 5.08. The number of quaternary nitrogens is 1. The SMILES string of the molecule is CCCCCCC.Cc1cccc(C(C)(C)C2=C[NH2+]C=N2)c1C.Cc1cccc(C(C)(C)c2cnc[nH]2)c1C. The third-order valence-electron chi connectivity index (χ3n) is 8.13. The number of benzene rings is 2. The third kappa shape index (κ3) is 8.50. The number of nitrogens with zero attached hydrogens (tertiary/aromatic N) is 2. The summed E-state index contributed by atoms with van der Waals surface area (Å²) in [6.45, 7) is 22.1. The van der Waals surface area contributed by atoms with Gasteiger partial charge in [-0.2, -0.15) is 0 Å². The predicted octanol–water partition coefficient (Wildman–Crippen LogP) is 8.36. The van der Waals surface area contributed by atoms with Gasteiger partial charge in [0.1, 0.15) is 11.9 Å². The number of aryl methyl sites for hydroxylation is 2. The number of aliphatic imine (C=N–C) groups is 1. The summed E-state index contributed by atoms with van der Waals surface area (Å²) < 4.78 is 0. The quantitative estimate of drug-likeness (QED) is 0.283. The molecular formula is C35H53N4+. The Hall–Kier alpha value is -2.98. The molecule has 4 rings (SSSR count). The summed E-state index contributed by atoms with van der Waals surface area (Å²) >= 11 is 0. The largest absolute Gasteiger partial charge is 0.348 e. The van der Waals surface area contributed by atoms with Gasteiger partial charge in [0, 0.05) is 22.7 Å². The lowest BCUT2D eigenvalue weighted by Crippen LogP contribution is -2.74. The maximum Gasteiger partial charge on any atom is 0.191 e. The zero-order valence-electron chi connectivity index (χ0n) is 26.3. The van der Waals surface area contributed by atoms with E-state index >= 15 is 0 Å². The van der Waals surface area contributed by atoms with E-state index in [-0.39, 0.29) is 10.8 Å². The van der Waals surface area contributed by atoms with Crippen molar-refractivity contribution in [1.29, 1.82) is 0 Å². The van der Waals surface area contributed by atoms with Crippen LogP contribution < -0.4 is 5.32 Å². The Balaban J connectivity index is 0.000000222. The molecule has 0 aliphatic carbocycles.